The molecule has 1 fully saturated rings. The zero-order valence-corrected chi connectivity index (χ0v) is 16.0. The molecular formula is C20H28O6. The van der Waals surface area contributed by atoms with Crippen LogP contribution < -0.4 is 14.2 Å². The van der Waals surface area contributed by atoms with Gasteiger partial charge in [-0.1, -0.05) is 6.08 Å². The second kappa shape index (κ2) is 7.10. The fourth-order valence-electron chi connectivity index (χ4n) is 4.07. The molecular weight excluding hydrogens is 336 g/mol. The summed E-state index contributed by atoms with van der Waals surface area (Å²) in [5.41, 5.74) is 0.747. The van der Waals surface area contributed by atoms with Crippen LogP contribution >= 0.6 is 0 Å². The number of hydrogen-bond acceptors (Lipinski definition) is 6. The maximum atomic E-state index is 11.1. The van der Waals surface area contributed by atoms with Gasteiger partial charge in [0.05, 0.1) is 39.1 Å². The van der Waals surface area contributed by atoms with Gasteiger partial charge in [-0.2, -0.15) is 0 Å². The second-order valence-corrected chi connectivity index (χ2v) is 7.34. The molecule has 5 atom stereocenters. The largest absolute Gasteiger partial charge is 0.493 e. The first-order valence-corrected chi connectivity index (χ1v) is 8.84. The number of rotatable bonds is 4. The first-order chi connectivity index (χ1) is 12.3. The third kappa shape index (κ3) is 3.17. The highest BCUT2D eigenvalue weighted by molar-refractivity contribution is 5.54. The monoisotopic (exact) mass is 364 g/mol. The Hall–Kier alpha value is -1.76. The average molecular weight is 364 g/mol. The van der Waals surface area contributed by atoms with Gasteiger partial charge in [-0.15, -0.1) is 0 Å². The number of aliphatic hydroxyl groups excluding tert-OH is 1. The van der Waals surface area contributed by atoms with Crippen LogP contribution in [0.5, 0.6) is 17.2 Å². The zero-order chi connectivity index (χ0) is 19.1. The molecule has 0 spiro atoms. The van der Waals surface area contributed by atoms with Crippen molar-refractivity contribution in [1.29, 1.82) is 0 Å². The molecule has 0 aromatic heterocycles. The summed E-state index contributed by atoms with van der Waals surface area (Å²) in [5.74, 6) is 1.44. The highest BCUT2D eigenvalue weighted by Crippen LogP contribution is 2.48. The maximum Gasteiger partial charge on any atom is 0.203 e. The van der Waals surface area contributed by atoms with Gasteiger partial charge in [-0.25, -0.2) is 0 Å². The van der Waals surface area contributed by atoms with Crippen LogP contribution in [0.3, 0.4) is 0 Å². The molecule has 2 N–H and O–H groups in total. The summed E-state index contributed by atoms with van der Waals surface area (Å²) in [6, 6.07) is 3.67. The molecule has 144 valence electrons. The number of aliphatic hydroxyl groups is 2. The van der Waals surface area contributed by atoms with Crippen molar-refractivity contribution < 1.29 is 29.2 Å². The molecule has 2 unspecified atom stereocenters. The van der Waals surface area contributed by atoms with Gasteiger partial charge in [-0.05, 0) is 43.5 Å². The van der Waals surface area contributed by atoms with Gasteiger partial charge in [0.15, 0.2) is 11.5 Å². The molecule has 1 aromatic carbocycles. The van der Waals surface area contributed by atoms with Gasteiger partial charge in [0.1, 0.15) is 6.10 Å². The van der Waals surface area contributed by atoms with Crippen LogP contribution in [0.1, 0.15) is 38.4 Å². The van der Waals surface area contributed by atoms with Crippen LogP contribution in [0.25, 0.3) is 0 Å². The minimum absolute atomic E-state index is 0.139. The number of allylic oxidation sites excluding steroid dienone is 1. The highest BCUT2D eigenvalue weighted by atomic mass is 16.5. The molecule has 6 nitrogen and oxygen atoms in total. The van der Waals surface area contributed by atoms with Crippen LogP contribution in [0.2, 0.25) is 0 Å². The predicted octanol–water partition coefficient (Wildman–Crippen LogP) is 2.62. The normalized spacial score (nSPS) is 33.9. The van der Waals surface area contributed by atoms with Gasteiger partial charge >= 0.3 is 0 Å². The van der Waals surface area contributed by atoms with Crippen LogP contribution in [0, 0.1) is 5.92 Å². The molecule has 1 aliphatic heterocycles. The van der Waals surface area contributed by atoms with E-state index >= 15 is 0 Å². The minimum atomic E-state index is -0.952. The summed E-state index contributed by atoms with van der Waals surface area (Å²) < 4.78 is 22.5. The molecule has 0 amide bonds. The summed E-state index contributed by atoms with van der Waals surface area (Å²) in [7, 11) is 4.68. The summed E-state index contributed by atoms with van der Waals surface area (Å²) in [6.45, 7) is 3.71. The van der Waals surface area contributed by atoms with Crippen LogP contribution in [-0.2, 0) is 4.74 Å². The maximum absolute atomic E-state index is 11.1. The lowest BCUT2D eigenvalue weighted by Gasteiger charge is -2.49. The van der Waals surface area contributed by atoms with Crippen LogP contribution in [-0.4, -0.2) is 49.4 Å². The smallest absolute Gasteiger partial charge is 0.203 e. The molecule has 3 rings (SSSR count). The molecule has 26 heavy (non-hydrogen) atoms. The van der Waals surface area contributed by atoms with E-state index in [1.165, 1.54) is 0 Å². The Morgan fingerprint density at radius 3 is 2.27 bits per heavy atom. The molecule has 0 bridgehead atoms. The van der Waals surface area contributed by atoms with Crippen molar-refractivity contribution in [2.24, 2.45) is 5.92 Å². The van der Waals surface area contributed by atoms with E-state index in [-0.39, 0.29) is 12.0 Å². The molecule has 2 aliphatic rings. The zero-order valence-electron chi connectivity index (χ0n) is 16.0. The quantitative estimate of drug-likeness (QED) is 0.800. The Kier molecular flexibility index (Phi) is 5.19. The molecule has 1 saturated heterocycles. The Balaban J connectivity index is 1.99. The fourth-order valence-corrected chi connectivity index (χ4v) is 4.07. The number of methoxy groups -OCH3 is 3. The average Bonchev–Trinajstić information content (AvgIpc) is 2.62. The molecule has 1 aliphatic carbocycles. The molecule has 6 heteroatoms. The van der Waals surface area contributed by atoms with Crippen molar-refractivity contribution in [3.8, 4) is 17.2 Å². The molecule has 1 heterocycles. The summed E-state index contributed by atoms with van der Waals surface area (Å²) in [4.78, 5) is 0. The minimum Gasteiger partial charge on any atom is -0.493 e. The third-order valence-corrected chi connectivity index (χ3v) is 5.65. The van der Waals surface area contributed by atoms with Gasteiger partial charge in [-0.3, -0.25) is 0 Å². The first kappa shape index (κ1) is 19.0. The standard InChI is InChI=1S/C20H28O6/c1-11-6-7-13-18(17(11)21)26-16(10-20(13,2)22)12-8-14(23-3)19(25-5)15(9-12)24-4/h6,8-9,13,16-18,21-22H,7,10H2,1-5H3/t13-,16?,17-,18-,20?/m1/s1. The third-order valence-electron chi connectivity index (χ3n) is 5.65. The lowest BCUT2D eigenvalue weighted by atomic mass is 9.70. The number of ether oxygens (including phenoxy) is 4. The number of hydrogen-bond donors (Lipinski definition) is 2. The van der Waals surface area contributed by atoms with Crippen LogP contribution in [0.4, 0.5) is 0 Å². The predicted molar refractivity (Wildman–Crippen MR) is 96.8 cm³/mol. The molecule has 0 saturated carbocycles. The lowest BCUT2D eigenvalue weighted by molar-refractivity contribution is -0.206. The van der Waals surface area contributed by atoms with Gasteiger partial charge in [0.25, 0.3) is 0 Å². The van der Waals surface area contributed by atoms with Crippen molar-refractivity contribution >= 4 is 0 Å². The van der Waals surface area contributed by atoms with Gasteiger partial charge in [0, 0.05) is 12.3 Å². The van der Waals surface area contributed by atoms with E-state index in [0.29, 0.717) is 30.1 Å². The van der Waals surface area contributed by atoms with E-state index in [4.69, 9.17) is 18.9 Å². The van der Waals surface area contributed by atoms with E-state index < -0.39 is 17.8 Å². The Labute approximate surface area is 154 Å². The SMILES string of the molecule is COc1cc(C2CC(C)(O)[C@@H]3CC=C(C)[C@@H](O)[C@@H]3O2)cc(OC)c1OC. The molecule has 0 radical (unpaired) electrons. The first-order valence-electron chi connectivity index (χ1n) is 8.84. The second-order valence-electron chi connectivity index (χ2n) is 7.34. The van der Waals surface area contributed by atoms with Crippen molar-refractivity contribution in [3.63, 3.8) is 0 Å². The van der Waals surface area contributed by atoms with Crippen molar-refractivity contribution in [1.82, 2.24) is 0 Å². The highest BCUT2D eigenvalue weighted by Gasteiger charge is 2.49. The van der Waals surface area contributed by atoms with E-state index in [2.05, 4.69) is 0 Å². The number of benzene rings is 1. The van der Waals surface area contributed by atoms with Crippen molar-refractivity contribution in [3.05, 3.63) is 29.3 Å². The van der Waals surface area contributed by atoms with E-state index in [1.807, 2.05) is 32.1 Å². The topological polar surface area (TPSA) is 77.4 Å². The number of fused-ring (bicyclic) bond motifs is 1. The van der Waals surface area contributed by atoms with Crippen molar-refractivity contribution in [2.75, 3.05) is 21.3 Å². The van der Waals surface area contributed by atoms with Gasteiger partial charge < -0.3 is 29.2 Å². The van der Waals surface area contributed by atoms with E-state index in [0.717, 1.165) is 11.1 Å². The Morgan fingerprint density at radius 2 is 1.73 bits per heavy atom. The van der Waals surface area contributed by atoms with E-state index in [1.54, 1.807) is 21.3 Å². The Bertz CT molecular complexity index is 671. The summed E-state index contributed by atoms with van der Waals surface area (Å²) >= 11 is 0. The van der Waals surface area contributed by atoms with Crippen molar-refractivity contribution in [2.45, 2.75) is 50.6 Å². The van der Waals surface area contributed by atoms with Crippen LogP contribution in [0.15, 0.2) is 23.8 Å². The summed E-state index contributed by atoms with van der Waals surface area (Å²) in [5, 5.41) is 21.6. The molecule has 1 aromatic rings. The lowest BCUT2D eigenvalue weighted by Crippen LogP contribution is -2.55. The fraction of sp³-hybridized carbons (Fsp3) is 0.600. The van der Waals surface area contributed by atoms with E-state index in [9.17, 15) is 10.2 Å². The summed E-state index contributed by atoms with van der Waals surface area (Å²) in [6.07, 6.45) is 1.55. The Morgan fingerprint density at radius 1 is 1.12 bits per heavy atom. The van der Waals surface area contributed by atoms with Gasteiger partial charge in [0.2, 0.25) is 5.75 Å².